The van der Waals surface area contributed by atoms with E-state index in [-0.39, 0.29) is 23.4 Å². The molecule has 0 amide bonds. The van der Waals surface area contributed by atoms with Crippen molar-refractivity contribution in [1.29, 1.82) is 0 Å². The van der Waals surface area contributed by atoms with Crippen LogP contribution in [0.3, 0.4) is 0 Å². The monoisotopic (exact) mass is 467 g/mol. The first kappa shape index (κ1) is 20.9. The van der Waals surface area contributed by atoms with Gasteiger partial charge >= 0.3 is 0 Å². The molecular weight excluding hydrogens is 438 g/mol. The zero-order chi connectivity index (χ0) is 22.6. The Balaban J connectivity index is 1.27. The molecule has 10 heteroatoms. The molecule has 0 spiro atoms. The Morgan fingerprint density at radius 1 is 1.09 bits per heavy atom. The molecule has 3 aliphatic rings. The fraction of sp³-hybridized carbons (Fsp3) is 0.522. The summed E-state index contributed by atoms with van der Waals surface area (Å²) in [6, 6.07) is 8.12. The molecular formula is C23H29N7O2S. The quantitative estimate of drug-likeness (QED) is 0.506. The first-order valence-corrected chi connectivity index (χ1v) is 13.3. The van der Waals surface area contributed by atoms with Crippen LogP contribution in [0.5, 0.6) is 0 Å². The summed E-state index contributed by atoms with van der Waals surface area (Å²) in [5, 5.41) is 14.9. The molecule has 5 heterocycles. The summed E-state index contributed by atoms with van der Waals surface area (Å²) in [5.74, 6) is 2.15. The van der Waals surface area contributed by atoms with Crippen molar-refractivity contribution in [2.24, 2.45) is 0 Å². The van der Waals surface area contributed by atoms with E-state index in [4.69, 9.17) is 4.98 Å². The Morgan fingerprint density at radius 2 is 1.88 bits per heavy atom. The molecule has 3 N–H and O–H groups in total. The van der Waals surface area contributed by atoms with Gasteiger partial charge in [0.05, 0.1) is 10.8 Å². The maximum absolute atomic E-state index is 13.1. The van der Waals surface area contributed by atoms with Crippen molar-refractivity contribution in [2.75, 3.05) is 10.6 Å². The summed E-state index contributed by atoms with van der Waals surface area (Å²) >= 11 is 0. The Labute approximate surface area is 193 Å². The summed E-state index contributed by atoms with van der Waals surface area (Å²) in [7, 11) is -3.16. The van der Waals surface area contributed by atoms with Crippen LogP contribution in [-0.2, 0) is 10.0 Å². The van der Waals surface area contributed by atoms with E-state index < -0.39 is 10.0 Å². The van der Waals surface area contributed by atoms with Gasteiger partial charge in [-0.15, -0.1) is 0 Å². The number of anilines is 3. The molecule has 2 aliphatic heterocycles. The van der Waals surface area contributed by atoms with Crippen molar-refractivity contribution in [3.63, 3.8) is 0 Å². The molecule has 3 aromatic rings. The highest BCUT2D eigenvalue weighted by Crippen LogP contribution is 2.42. The summed E-state index contributed by atoms with van der Waals surface area (Å²) in [5.41, 5.74) is 1.81. The van der Waals surface area contributed by atoms with Gasteiger partial charge in [-0.1, -0.05) is 6.42 Å². The third-order valence-electron chi connectivity index (χ3n) is 7.05. The van der Waals surface area contributed by atoms with Crippen molar-refractivity contribution >= 4 is 38.4 Å². The summed E-state index contributed by atoms with van der Waals surface area (Å²) in [4.78, 5) is 9.39. The lowest BCUT2D eigenvalue weighted by atomic mass is 9.84. The Kier molecular flexibility index (Phi) is 5.02. The number of piperidine rings is 2. The van der Waals surface area contributed by atoms with Crippen LogP contribution in [-0.4, -0.2) is 56.3 Å². The normalized spacial score (nSPS) is 25.8. The van der Waals surface area contributed by atoms with Gasteiger partial charge in [0.25, 0.3) is 0 Å². The van der Waals surface area contributed by atoms with Crippen molar-refractivity contribution in [3.8, 4) is 0 Å². The number of aromatic amines is 1. The van der Waals surface area contributed by atoms with Crippen LogP contribution in [0.25, 0.3) is 10.9 Å². The van der Waals surface area contributed by atoms with E-state index >= 15 is 0 Å². The molecule has 3 atom stereocenters. The molecule has 0 aromatic carbocycles. The fourth-order valence-corrected chi connectivity index (χ4v) is 7.76. The lowest BCUT2D eigenvalue weighted by Gasteiger charge is -2.48. The smallest absolute Gasteiger partial charge is 0.217 e. The number of hydrogen-bond acceptors (Lipinski definition) is 7. The van der Waals surface area contributed by atoms with Crippen molar-refractivity contribution in [2.45, 2.75) is 75.2 Å². The highest BCUT2D eigenvalue weighted by molar-refractivity contribution is 7.90. The molecule has 3 fully saturated rings. The van der Waals surface area contributed by atoms with E-state index in [9.17, 15) is 8.42 Å². The van der Waals surface area contributed by atoms with Gasteiger partial charge in [0, 0.05) is 47.5 Å². The molecule has 9 nitrogen and oxygen atoms in total. The van der Waals surface area contributed by atoms with Crippen LogP contribution in [0.2, 0.25) is 0 Å². The number of H-pyrrole nitrogens is 1. The SMILES string of the molecule is Cc1cc(Nc2cc3ncccc3c(NC3C[C@H]4CCC[C@@H](C3)N4S(=O)(=O)C3CC3)n2)n[nH]1. The first-order valence-electron chi connectivity index (χ1n) is 11.8. The molecule has 3 aromatic heterocycles. The molecule has 1 unspecified atom stereocenters. The minimum atomic E-state index is -3.16. The third kappa shape index (κ3) is 3.95. The van der Waals surface area contributed by atoms with Gasteiger partial charge in [-0.05, 0) is 57.6 Å². The van der Waals surface area contributed by atoms with Crippen LogP contribution in [0.15, 0.2) is 30.5 Å². The van der Waals surface area contributed by atoms with Crippen molar-refractivity contribution < 1.29 is 8.42 Å². The zero-order valence-corrected chi connectivity index (χ0v) is 19.5. The molecule has 33 heavy (non-hydrogen) atoms. The average Bonchev–Trinajstić information content (AvgIpc) is 3.57. The van der Waals surface area contributed by atoms with Gasteiger partial charge in [-0.3, -0.25) is 10.1 Å². The summed E-state index contributed by atoms with van der Waals surface area (Å²) in [6.07, 6.45) is 8.01. The van der Waals surface area contributed by atoms with E-state index in [1.807, 2.05) is 35.5 Å². The second-order valence-corrected chi connectivity index (χ2v) is 11.7. The molecule has 1 saturated carbocycles. The number of aryl methyl sites for hydroxylation is 1. The van der Waals surface area contributed by atoms with Gasteiger partial charge in [-0.25, -0.2) is 13.4 Å². The number of sulfonamides is 1. The number of nitrogens with one attached hydrogen (secondary N) is 3. The molecule has 2 saturated heterocycles. The van der Waals surface area contributed by atoms with Gasteiger partial charge < -0.3 is 10.6 Å². The minimum Gasteiger partial charge on any atom is -0.367 e. The Bertz CT molecular complexity index is 1270. The molecule has 6 rings (SSSR count). The Morgan fingerprint density at radius 3 is 2.58 bits per heavy atom. The number of aromatic nitrogens is 4. The highest BCUT2D eigenvalue weighted by Gasteiger charge is 2.49. The number of hydrogen-bond donors (Lipinski definition) is 3. The lowest BCUT2D eigenvalue weighted by molar-refractivity contribution is 0.115. The molecule has 2 bridgehead atoms. The Hall–Kier alpha value is -2.72. The zero-order valence-electron chi connectivity index (χ0n) is 18.7. The second-order valence-electron chi connectivity index (χ2n) is 9.61. The van der Waals surface area contributed by atoms with Gasteiger partial charge in [0.2, 0.25) is 10.0 Å². The largest absolute Gasteiger partial charge is 0.367 e. The molecule has 174 valence electrons. The highest BCUT2D eigenvalue weighted by atomic mass is 32.2. The molecule has 0 radical (unpaired) electrons. The van der Waals surface area contributed by atoms with E-state index in [0.29, 0.717) is 11.6 Å². The third-order valence-corrected chi connectivity index (χ3v) is 9.55. The predicted molar refractivity (Wildman–Crippen MR) is 128 cm³/mol. The van der Waals surface area contributed by atoms with E-state index in [1.165, 1.54) is 0 Å². The van der Waals surface area contributed by atoms with Crippen LogP contribution in [0, 0.1) is 6.92 Å². The number of pyridine rings is 2. The predicted octanol–water partition coefficient (Wildman–Crippen LogP) is 3.69. The number of nitrogens with zero attached hydrogens (tertiary/aromatic N) is 4. The minimum absolute atomic E-state index is 0.0818. The van der Waals surface area contributed by atoms with Gasteiger partial charge in [0.1, 0.15) is 11.6 Å². The van der Waals surface area contributed by atoms with Gasteiger partial charge in [-0.2, -0.15) is 9.40 Å². The lowest BCUT2D eigenvalue weighted by Crippen LogP contribution is -2.57. The van der Waals surface area contributed by atoms with E-state index in [0.717, 1.165) is 67.4 Å². The topological polar surface area (TPSA) is 116 Å². The molecule has 1 aliphatic carbocycles. The summed E-state index contributed by atoms with van der Waals surface area (Å²) in [6.45, 7) is 1.95. The van der Waals surface area contributed by atoms with Crippen molar-refractivity contribution in [3.05, 3.63) is 36.2 Å². The number of fused-ring (bicyclic) bond motifs is 3. The second kappa shape index (κ2) is 7.95. The fourth-order valence-electron chi connectivity index (χ4n) is 5.47. The van der Waals surface area contributed by atoms with Crippen LogP contribution >= 0.6 is 0 Å². The van der Waals surface area contributed by atoms with Crippen LogP contribution < -0.4 is 10.6 Å². The van der Waals surface area contributed by atoms with E-state index in [2.05, 4.69) is 25.8 Å². The summed E-state index contributed by atoms with van der Waals surface area (Å²) < 4.78 is 28.1. The maximum Gasteiger partial charge on any atom is 0.217 e. The van der Waals surface area contributed by atoms with Gasteiger partial charge in [0.15, 0.2) is 5.82 Å². The number of rotatable bonds is 6. The standard InChI is InChI=1S/C23H29N7O2S/c1-14-10-22(29-28-14)26-21-13-20-19(6-3-9-24-20)23(27-21)25-15-11-16-4-2-5-17(12-15)30(16)33(31,32)18-7-8-18/h3,6,9-10,13,15-18H,2,4-5,7-8,11-12H2,1H3,(H3,25,26,27,28,29)/t15?,16-,17+. The van der Waals surface area contributed by atoms with E-state index in [1.54, 1.807) is 6.20 Å². The van der Waals surface area contributed by atoms with Crippen LogP contribution in [0.1, 0.15) is 50.6 Å². The maximum atomic E-state index is 13.1. The van der Waals surface area contributed by atoms with Crippen molar-refractivity contribution in [1.82, 2.24) is 24.5 Å². The first-order chi connectivity index (χ1) is 16.0. The average molecular weight is 468 g/mol. The van der Waals surface area contributed by atoms with Crippen LogP contribution in [0.4, 0.5) is 17.5 Å².